The highest BCUT2D eigenvalue weighted by Gasteiger charge is 2.28. The second kappa shape index (κ2) is 7.73. The minimum Gasteiger partial charge on any atom is -0.445 e. The van der Waals surface area contributed by atoms with Crippen molar-refractivity contribution < 1.29 is 22.4 Å². The first-order valence-electron chi connectivity index (χ1n) is 5.42. The molecule has 0 aromatic carbocycles. The molecule has 0 amide bonds. The van der Waals surface area contributed by atoms with Crippen LogP contribution >= 0.6 is 0 Å². The van der Waals surface area contributed by atoms with E-state index in [0.717, 1.165) is 0 Å². The summed E-state index contributed by atoms with van der Waals surface area (Å²) >= 11 is 0. The highest BCUT2D eigenvalue weighted by molar-refractivity contribution is 6.66. The molecule has 1 unspecified atom stereocenters. The lowest BCUT2D eigenvalue weighted by atomic mass is 9.80. The Morgan fingerprint density at radius 1 is 1.29 bits per heavy atom. The van der Waals surface area contributed by atoms with Crippen molar-refractivity contribution in [3.8, 4) is 0 Å². The van der Waals surface area contributed by atoms with Crippen LogP contribution < -0.4 is 0 Å². The maximum absolute atomic E-state index is 12.5. The summed E-state index contributed by atoms with van der Waals surface area (Å²) in [4.78, 5) is 1.66. The lowest BCUT2D eigenvalue weighted by Gasteiger charge is -2.32. The fourth-order valence-electron chi connectivity index (χ4n) is 1.37. The van der Waals surface area contributed by atoms with Crippen LogP contribution in [0, 0.1) is 0 Å². The van der Waals surface area contributed by atoms with Gasteiger partial charge in [-0.2, -0.15) is 0 Å². The van der Waals surface area contributed by atoms with E-state index in [2.05, 4.69) is 6.58 Å². The van der Waals surface area contributed by atoms with Crippen molar-refractivity contribution >= 4 is 6.98 Å². The molecule has 0 saturated carbocycles. The van der Waals surface area contributed by atoms with Crippen molar-refractivity contribution in [2.24, 2.45) is 0 Å². The van der Waals surface area contributed by atoms with Crippen LogP contribution in [-0.4, -0.2) is 58.4 Å². The number of ether oxygens (including phenoxy) is 2. The van der Waals surface area contributed by atoms with Gasteiger partial charge in [-0.05, 0) is 13.5 Å². The van der Waals surface area contributed by atoms with E-state index in [0.29, 0.717) is 19.8 Å². The molecule has 0 bridgehead atoms. The molecule has 3 nitrogen and oxygen atoms in total. The smallest absolute Gasteiger partial charge is 0.445 e. The van der Waals surface area contributed by atoms with Gasteiger partial charge >= 0.3 is 6.98 Å². The van der Waals surface area contributed by atoms with Crippen molar-refractivity contribution in [2.45, 2.75) is 13.0 Å². The largest absolute Gasteiger partial charge is 0.506 e. The molecular formula is C10H20BF3NO2-. The van der Waals surface area contributed by atoms with E-state index in [1.54, 1.807) is 4.90 Å². The number of nitrogens with zero attached hydrogens (tertiary/aromatic N) is 1. The van der Waals surface area contributed by atoms with E-state index in [1.165, 1.54) is 14.2 Å². The molecule has 17 heavy (non-hydrogen) atoms. The van der Waals surface area contributed by atoms with E-state index in [9.17, 15) is 12.9 Å². The van der Waals surface area contributed by atoms with Crippen LogP contribution in [0.4, 0.5) is 12.9 Å². The summed E-state index contributed by atoms with van der Waals surface area (Å²) in [5, 5.41) is 0. The van der Waals surface area contributed by atoms with Gasteiger partial charge in [0, 0.05) is 26.8 Å². The Labute approximate surface area is 101 Å². The standard InChI is InChI=1S/C10H20BF3NO2/c1-9(11(12,13)14)7-15(5-6-16-3)10(2)8-17-4/h10H,1,5-8H2,2-4H3/q-1. The highest BCUT2D eigenvalue weighted by atomic mass is 19.4. The Morgan fingerprint density at radius 2 is 1.88 bits per heavy atom. The van der Waals surface area contributed by atoms with Gasteiger partial charge in [-0.3, -0.25) is 4.90 Å². The van der Waals surface area contributed by atoms with Crippen LogP contribution in [0.5, 0.6) is 0 Å². The third-order valence-corrected chi connectivity index (χ3v) is 2.48. The zero-order valence-electron chi connectivity index (χ0n) is 10.6. The molecule has 7 heteroatoms. The van der Waals surface area contributed by atoms with E-state index in [4.69, 9.17) is 9.47 Å². The van der Waals surface area contributed by atoms with Gasteiger partial charge in [-0.15, -0.1) is 12.1 Å². The first-order valence-corrected chi connectivity index (χ1v) is 5.42. The van der Waals surface area contributed by atoms with Crippen LogP contribution in [0.3, 0.4) is 0 Å². The van der Waals surface area contributed by atoms with Gasteiger partial charge in [0.2, 0.25) is 0 Å². The molecule has 0 saturated heterocycles. The number of halogens is 3. The van der Waals surface area contributed by atoms with Gasteiger partial charge in [-0.1, -0.05) is 0 Å². The number of hydrogen-bond donors (Lipinski definition) is 0. The monoisotopic (exact) mass is 254 g/mol. The fourth-order valence-corrected chi connectivity index (χ4v) is 1.37. The van der Waals surface area contributed by atoms with Crippen molar-refractivity contribution in [2.75, 3.05) is 40.5 Å². The van der Waals surface area contributed by atoms with Gasteiger partial charge in [0.25, 0.3) is 0 Å². The Kier molecular flexibility index (Phi) is 7.50. The fraction of sp³-hybridized carbons (Fsp3) is 0.800. The lowest BCUT2D eigenvalue weighted by molar-refractivity contribution is 0.0812. The molecule has 0 rings (SSSR count). The molecule has 1 atom stereocenters. The van der Waals surface area contributed by atoms with Crippen LogP contribution in [-0.2, 0) is 9.47 Å². The summed E-state index contributed by atoms with van der Waals surface area (Å²) in [6.07, 6.45) is 0. The van der Waals surface area contributed by atoms with Crippen LogP contribution in [0.1, 0.15) is 6.92 Å². The number of rotatable bonds is 9. The Hall–Kier alpha value is -0.525. The Morgan fingerprint density at radius 3 is 2.29 bits per heavy atom. The number of methoxy groups -OCH3 is 2. The second-order valence-corrected chi connectivity index (χ2v) is 4.00. The van der Waals surface area contributed by atoms with Crippen LogP contribution in [0.2, 0.25) is 0 Å². The summed E-state index contributed by atoms with van der Waals surface area (Å²) < 4.78 is 47.2. The van der Waals surface area contributed by atoms with Crippen LogP contribution in [0.15, 0.2) is 12.1 Å². The van der Waals surface area contributed by atoms with Gasteiger partial charge < -0.3 is 22.4 Å². The lowest BCUT2D eigenvalue weighted by Crippen LogP contribution is -2.42. The first kappa shape index (κ1) is 16.5. The summed E-state index contributed by atoms with van der Waals surface area (Å²) in [5.74, 6) is 0. The zero-order valence-corrected chi connectivity index (χ0v) is 10.6. The number of hydrogen-bond acceptors (Lipinski definition) is 3. The Bertz CT molecular complexity index is 236. The van der Waals surface area contributed by atoms with Gasteiger partial charge in [0.05, 0.1) is 13.2 Å². The van der Waals surface area contributed by atoms with Gasteiger partial charge in [0.15, 0.2) is 0 Å². The summed E-state index contributed by atoms with van der Waals surface area (Å²) in [6.45, 7) is 0.916. The maximum Gasteiger partial charge on any atom is 0.506 e. The first-order chi connectivity index (χ1) is 7.82. The predicted octanol–water partition coefficient (Wildman–Crippen LogP) is 1.91. The summed E-state index contributed by atoms with van der Waals surface area (Å²) in [7, 11) is 3.04. The molecule has 0 aromatic rings. The van der Waals surface area contributed by atoms with E-state index < -0.39 is 12.4 Å². The quantitative estimate of drug-likeness (QED) is 0.587. The average molecular weight is 254 g/mol. The predicted molar refractivity (Wildman–Crippen MR) is 63.0 cm³/mol. The molecule has 102 valence electrons. The molecule has 0 heterocycles. The molecule has 0 aliphatic heterocycles. The van der Waals surface area contributed by atoms with Crippen molar-refractivity contribution in [3.63, 3.8) is 0 Å². The van der Waals surface area contributed by atoms with Crippen molar-refractivity contribution in [1.29, 1.82) is 0 Å². The molecular weight excluding hydrogens is 234 g/mol. The van der Waals surface area contributed by atoms with Gasteiger partial charge in [0.1, 0.15) is 0 Å². The SMILES string of the molecule is C=C(CN(CCOC)C(C)COC)[B-](F)(F)F. The topological polar surface area (TPSA) is 21.7 Å². The van der Waals surface area contributed by atoms with Crippen LogP contribution in [0.25, 0.3) is 0 Å². The molecule has 0 aliphatic rings. The van der Waals surface area contributed by atoms with Crippen molar-refractivity contribution in [1.82, 2.24) is 4.90 Å². The average Bonchev–Trinajstić information content (AvgIpc) is 2.22. The second-order valence-electron chi connectivity index (χ2n) is 4.00. The van der Waals surface area contributed by atoms with Crippen molar-refractivity contribution in [3.05, 3.63) is 12.1 Å². The molecule has 0 fully saturated rings. The Balaban J connectivity index is 4.42. The summed E-state index contributed by atoms with van der Waals surface area (Å²) in [5.41, 5.74) is -0.691. The minimum atomic E-state index is -4.98. The van der Waals surface area contributed by atoms with E-state index >= 15 is 0 Å². The third-order valence-electron chi connectivity index (χ3n) is 2.48. The minimum absolute atomic E-state index is 0.106. The maximum atomic E-state index is 12.5. The zero-order chi connectivity index (χ0) is 13.5. The molecule has 0 aliphatic carbocycles. The van der Waals surface area contributed by atoms with E-state index in [-0.39, 0.29) is 12.6 Å². The third kappa shape index (κ3) is 6.70. The summed E-state index contributed by atoms with van der Waals surface area (Å²) in [6, 6.07) is -0.106. The molecule has 0 aromatic heterocycles. The van der Waals surface area contributed by atoms with E-state index in [1.807, 2.05) is 6.92 Å². The highest BCUT2D eigenvalue weighted by Crippen LogP contribution is 2.19. The molecule has 0 N–H and O–H groups in total. The molecule has 0 spiro atoms. The van der Waals surface area contributed by atoms with Gasteiger partial charge in [-0.25, -0.2) is 0 Å². The normalized spacial score (nSPS) is 14.1. The molecule has 0 radical (unpaired) electrons.